The molecule has 0 unspecified atom stereocenters. The van der Waals surface area contributed by atoms with E-state index in [1.807, 2.05) is 66.7 Å². The van der Waals surface area contributed by atoms with Crippen LogP contribution in [0.3, 0.4) is 0 Å². The highest BCUT2D eigenvalue weighted by molar-refractivity contribution is 6.33. The first-order valence-electron chi connectivity index (χ1n) is 44.8. The third-order valence-electron chi connectivity index (χ3n) is 27.4. The van der Waals surface area contributed by atoms with Gasteiger partial charge in [-0.2, -0.15) is 0 Å². The molecule has 0 N–H and O–H groups in total. The number of para-hydroxylation sites is 2. The van der Waals surface area contributed by atoms with Gasteiger partial charge in [0.15, 0.2) is 17.1 Å². The molecular formula is C124H69N7O3. The quantitative estimate of drug-likeness (QED) is 0.155. The lowest BCUT2D eigenvalue weighted by molar-refractivity contribution is 0.670. The fourth-order valence-corrected chi connectivity index (χ4v) is 21.4. The van der Waals surface area contributed by atoms with Crippen LogP contribution >= 0.6 is 0 Å². The van der Waals surface area contributed by atoms with E-state index in [0.717, 1.165) is 193 Å². The Morgan fingerprint density at radius 3 is 0.993 bits per heavy atom. The molecule has 0 spiro atoms. The number of furan rings is 3. The number of hydrogen-bond acceptors (Lipinski definition) is 4. The lowest BCUT2D eigenvalue weighted by atomic mass is 9.94. The molecule has 0 aliphatic carbocycles. The molecule has 10 heteroatoms. The molecule has 0 saturated carbocycles. The predicted molar refractivity (Wildman–Crippen MR) is 557 cm³/mol. The second kappa shape index (κ2) is 29.7. The molecule has 7 aromatic heterocycles. The molecule has 0 amide bonds. The summed E-state index contributed by atoms with van der Waals surface area (Å²) >= 11 is 0. The summed E-state index contributed by atoms with van der Waals surface area (Å²) in [5, 5.41) is 31.2. The molecule has 0 saturated heterocycles. The van der Waals surface area contributed by atoms with Crippen LogP contribution in [0.2, 0.25) is 0 Å². The molecule has 134 heavy (non-hydrogen) atoms. The van der Waals surface area contributed by atoms with Gasteiger partial charge >= 0.3 is 0 Å². The molecule has 0 fully saturated rings. The van der Waals surface area contributed by atoms with Gasteiger partial charge in [0.05, 0.1) is 52.8 Å². The SMILES string of the molecule is [C-]#[N+]c1ccc2c(c1)c1cc(-c3cc4ccccc4c4c3oc3ccc5ccccc5c34)ccc1n2-c1ccc2ccccc2c1.[C-]#[N+]c1ccc2c(c1)c1cc(-c3cc4ccccc4c4c3oc3ccc5ccccc5c34)ccc1n2-c1ccc2ccccc2n1.[C-]#[N+]c1ccc2c3cc(-c4cc5ccccc5c5c4oc4ccc6ccccc6c45)ccc3n(-c3ccccc3)c2c1. The molecule has 0 atom stereocenters. The van der Waals surface area contributed by atoms with Crippen LogP contribution in [0.5, 0.6) is 0 Å². The number of hydrogen-bond donors (Lipinski definition) is 0. The van der Waals surface area contributed by atoms with Crippen molar-refractivity contribution in [2.24, 2.45) is 0 Å². The van der Waals surface area contributed by atoms with Crippen molar-refractivity contribution in [1.82, 2.24) is 18.7 Å². The molecule has 0 bridgehead atoms. The highest BCUT2D eigenvalue weighted by Gasteiger charge is 2.27. The molecular weight excluding hydrogens is 1640 g/mol. The fraction of sp³-hybridized carbons (Fsp3) is 0. The first kappa shape index (κ1) is 75.5. The van der Waals surface area contributed by atoms with Gasteiger partial charge in [0, 0.05) is 92.8 Å². The molecule has 7 heterocycles. The van der Waals surface area contributed by atoms with Gasteiger partial charge in [-0.05, 0) is 248 Å². The smallest absolute Gasteiger partial charge is 0.189 e. The van der Waals surface area contributed by atoms with Crippen LogP contribution in [0, 0.1) is 19.7 Å². The standard InChI is InChI=1S/C43H24N2O.C42H23N3O.C39H22N2O/c1-44-31-17-20-39-37(25-31)36-24-30(15-19-38(36)45(39)32-18-14-26-8-2-3-10-28(26)22-32)35-23-29-11-5-7-13-34(29)42-41-33-12-6-4-9-27(33)16-21-40(41)46-43(35)42;1-43-29-17-19-37-34(24-29)33-23-28(14-18-36(33)45(37)39-21-16-26-9-4-7-13-35(26)44-39)32-22-27-10-3-6-12-31(27)41-40-30-11-5-2-8-25(30)15-20-38(40)46-42(32)41;1-40-27-17-18-31-33-22-26(15-19-34(33)41(35(31)23-27)28-11-3-2-4-12-28)32-21-25-10-6-8-14-30(25)38-37-29-13-7-5-9-24(29)16-20-36(37)42-39(32)38/h2-25H;2-24H;2-23H. The molecule has 29 rings (SSSR count). The van der Waals surface area contributed by atoms with Crippen LogP contribution in [0.25, 0.3) is 283 Å². The Morgan fingerprint density at radius 2 is 0.537 bits per heavy atom. The lowest BCUT2D eigenvalue weighted by Gasteiger charge is -2.10. The van der Waals surface area contributed by atoms with Gasteiger partial charge in [0.2, 0.25) is 0 Å². The van der Waals surface area contributed by atoms with Gasteiger partial charge in [0.25, 0.3) is 0 Å². The summed E-state index contributed by atoms with van der Waals surface area (Å²) in [5.41, 5.74) is 23.1. The van der Waals surface area contributed by atoms with Crippen molar-refractivity contribution in [1.29, 1.82) is 0 Å². The van der Waals surface area contributed by atoms with Gasteiger partial charge in [-0.15, -0.1) is 0 Å². The summed E-state index contributed by atoms with van der Waals surface area (Å²) in [5.74, 6) is 0.847. The van der Waals surface area contributed by atoms with E-state index in [0.29, 0.717) is 17.1 Å². The monoisotopic (exact) mass is 1700 g/mol. The highest BCUT2D eigenvalue weighted by Crippen LogP contribution is 2.51. The summed E-state index contributed by atoms with van der Waals surface area (Å²) in [7, 11) is 0. The Balaban J connectivity index is 0.000000102. The molecule has 10 nitrogen and oxygen atoms in total. The van der Waals surface area contributed by atoms with Gasteiger partial charge < -0.3 is 22.4 Å². The maximum absolute atomic E-state index is 7.75. The number of nitrogens with zero attached hydrogens (tertiary/aromatic N) is 7. The minimum atomic E-state index is 0.612. The summed E-state index contributed by atoms with van der Waals surface area (Å²) in [4.78, 5) is 16.3. The fourth-order valence-electron chi connectivity index (χ4n) is 21.4. The van der Waals surface area contributed by atoms with Crippen LogP contribution < -0.4 is 0 Å². The van der Waals surface area contributed by atoms with E-state index in [9.17, 15) is 0 Å². The van der Waals surface area contributed by atoms with Crippen molar-refractivity contribution >= 4 is 235 Å². The van der Waals surface area contributed by atoms with Crippen molar-refractivity contribution in [3.63, 3.8) is 0 Å². The van der Waals surface area contributed by atoms with E-state index >= 15 is 0 Å². The lowest BCUT2D eigenvalue weighted by Crippen LogP contribution is -1.97. The van der Waals surface area contributed by atoms with E-state index in [-0.39, 0.29) is 0 Å². The van der Waals surface area contributed by atoms with Crippen molar-refractivity contribution in [2.45, 2.75) is 0 Å². The van der Waals surface area contributed by atoms with Gasteiger partial charge in [-0.3, -0.25) is 4.57 Å². The molecule has 0 radical (unpaired) electrons. The number of benzene rings is 22. The van der Waals surface area contributed by atoms with Crippen LogP contribution in [0.4, 0.5) is 17.1 Å². The molecule has 0 aliphatic heterocycles. The molecule has 0 aliphatic rings. The van der Waals surface area contributed by atoms with Crippen LogP contribution in [-0.4, -0.2) is 18.7 Å². The van der Waals surface area contributed by atoms with Crippen molar-refractivity contribution in [2.75, 3.05) is 0 Å². The first-order chi connectivity index (χ1) is 66.3. The first-order valence-corrected chi connectivity index (χ1v) is 44.8. The topological polar surface area (TPSA) is 80.2 Å². The molecule has 618 valence electrons. The average molecular weight is 1700 g/mol. The Labute approximate surface area is 764 Å². The average Bonchev–Trinajstić information content (AvgIpc) is 1.56. The van der Waals surface area contributed by atoms with Gasteiger partial charge in [-0.1, -0.05) is 273 Å². The molecule has 22 aromatic carbocycles. The van der Waals surface area contributed by atoms with Gasteiger partial charge in [-0.25, -0.2) is 19.5 Å². The van der Waals surface area contributed by atoms with E-state index in [1.54, 1.807) is 0 Å². The largest absolute Gasteiger partial charge is 0.455 e. The van der Waals surface area contributed by atoms with Gasteiger partial charge in [0.1, 0.15) is 39.3 Å². The minimum absolute atomic E-state index is 0.612. The Bertz CT molecular complexity index is 9900. The van der Waals surface area contributed by atoms with E-state index < -0.39 is 0 Å². The zero-order valence-electron chi connectivity index (χ0n) is 71.7. The number of pyridine rings is 1. The van der Waals surface area contributed by atoms with Crippen LogP contribution in [0.1, 0.15) is 0 Å². The van der Waals surface area contributed by atoms with E-state index in [2.05, 4.69) is 380 Å². The van der Waals surface area contributed by atoms with Crippen LogP contribution in [0.15, 0.2) is 432 Å². The molecule has 29 aromatic rings. The summed E-state index contributed by atoms with van der Waals surface area (Å²) in [6.45, 7) is 23.1. The Kier molecular flexibility index (Phi) is 16.7. The zero-order chi connectivity index (χ0) is 88.5. The number of aromatic nitrogens is 4. The third kappa shape index (κ3) is 11.7. The Morgan fingerprint density at radius 1 is 0.201 bits per heavy atom. The maximum atomic E-state index is 7.75. The number of fused-ring (bicyclic) bond motifs is 32. The summed E-state index contributed by atoms with van der Waals surface area (Å²) in [6, 6.07) is 147. The second-order valence-corrected chi connectivity index (χ2v) is 34.7. The van der Waals surface area contributed by atoms with Crippen molar-refractivity contribution in [3.8, 4) is 50.6 Å². The van der Waals surface area contributed by atoms with E-state index in [1.165, 1.54) is 75.4 Å². The number of rotatable bonds is 6. The maximum Gasteiger partial charge on any atom is 0.189 e. The highest BCUT2D eigenvalue weighted by atomic mass is 16.3. The summed E-state index contributed by atoms with van der Waals surface area (Å²) in [6.07, 6.45) is 0. The predicted octanol–water partition coefficient (Wildman–Crippen LogP) is 35.3. The second-order valence-electron chi connectivity index (χ2n) is 34.7. The van der Waals surface area contributed by atoms with Crippen molar-refractivity contribution in [3.05, 3.63) is 453 Å². The van der Waals surface area contributed by atoms with Crippen LogP contribution in [-0.2, 0) is 0 Å². The summed E-state index contributed by atoms with van der Waals surface area (Å²) < 4.78 is 27.0. The Hall–Kier alpha value is -18.7. The zero-order valence-corrected chi connectivity index (χ0v) is 71.7. The third-order valence-corrected chi connectivity index (χ3v) is 27.4. The normalized spacial score (nSPS) is 11.9. The van der Waals surface area contributed by atoms with Crippen molar-refractivity contribution < 1.29 is 13.3 Å². The van der Waals surface area contributed by atoms with E-state index in [4.69, 9.17) is 38.0 Å². The minimum Gasteiger partial charge on any atom is -0.455 e.